The first-order valence-electron chi connectivity index (χ1n) is 10.0. The Morgan fingerprint density at radius 1 is 1.16 bits per heavy atom. The van der Waals surface area contributed by atoms with E-state index in [1.807, 2.05) is 13.8 Å². The topological polar surface area (TPSA) is 94.0 Å². The van der Waals surface area contributed by atoms with Crippen molar-refractivity contribution in [1.29, 1.82) is 0 Å². The van der Waals surface area contributed by atoms with Crippen molar-refractivity contribution in [3.05, 3.63) is 60.0 Å². The quantitative estimate of drug-likeness (QED) is 0.594. The summed E-state index contributed by atoms with van der Waals surface area (Å²) in [7, 11) is 0. The summed E-state index contributed by atoms with van der Waals surface area (Å²) in [4.78, 5) is 42.3. The molecule has 1 aliphatic heterocycles. The third-order valence-electron chi connectivity index (χ3n) is 5.31. The van der Waals surface area contributed by atoms with Gasteiger partial charge in [0, 0.05) is 23.4 Å². The van der Waals surface area contributed by atoms with Gasteiger partial charge in [-0.05, 0) is 63.2 Å². The molecule has 164 valence electrons. The first-order chi connectivity index (χ1) is 15.2. The van der Waals surface area contributed by atoms with Crippen molar-refractivity contribution in [3.8, 4) is 22.6 Å². The molecule has 1 aliphatic rings. The molecule has 1 N–H and O–H groups in total. The van der Waals surface area contributed by atoms with Crippen molar-refractivity contribution >= 4 is 28.6 Å². The van der Waals surface area contributed by atoms with Crippen LogP contribution in [0.15, 0.2) is 48.7 Å². The number of benzene rings is 1. The number of carbonyl (C=O) groups excluding carboxylic acids is 3. The van der Waals surface area contributed by atoms with E-state index in [0.29, 0.717) is 22.6 Å². The summed E-state index contributed by atoms with van der Waals surface area (Å²) < 4.78 is 15.2. The number of Topliss-reactive ketones (excluding diaryl/α,β-unsaturated/α-hetero) is 1. The van der Waals surface area contributed by atoms with Crippen LogP contribution in [0.25, 0.3) is 22.6 Å². The highest BCUT2D eigenvalue weighted by atomic mass is 32.2. The van der Waals surface area contributed by atoms with Gasteiger partial charge in [-0.2, -0.15) is 5.10 Å². The van der Waals surface area contributed by atoms with Crippen LogP contribution in [-0.2, 0) is 9.59 Å². The molecule has 1 amide bonds. The number of nitrogens with one attached hydrogen (secondary N) is 1. The highest BCUT2D eigenvalue weighted by molar-refractivity contribution is 8.15. The molecule has 0 saturated carbocycles. The van der Waals surface area contributed by atoms with Gasteiger partial charge in [0.15, 0.2) is 11.3 Å². The number of carbonyl (C=O) groups is 3. The van der Waals surface area contributed by atoms with Crippen LogP contribution in [-0.4, -0.2) is 42.9 Å². The third-order valence-corrected chi connectivity index (χ3v) is 6.39. The molecule has 0 radical (unpaired) electrons. The van der Waals surface area contributed by atoms with Gasteiger partial charge in [0.2, 0.25) is 5.12 Å². The minimum atomic E-state index is -1.57. The molecule has 1 atom stereocenters. The lowest BCUT2D eigenvalue weighted by Gasteiger charge is -2.21. The Balaban J connectivity index is 1.81. The second-order valence-electron chi connectivity index (χ2n) is 7.97. The molecule has 2 aromatic heterocycles. The summed E-state index contributed by atoms with van der Waals surface area (Å²) in [5, 5.41) is 6.54. The summed E-state index contributed by atoms with van der Waals surface area (Å²) in [5.41, 5.74) is 0.922. The van der Waals surface area contributed by atoms with Crippen LogP contribution in [0.1, 0.15) is 37.2 Å². The minimum absolute atomic E-state index is 0.0333. The van der Waals surface area contributed by atoms with Crippen LogP contribution >= 0.6 is 11.8 Å². The summed E-state index contributed by atoms with van der Waals surface area (Å²) in [6.07, 6.45) is 1.65. The van der Waals surface area contributed by atoms with Gasteiger partial charge in [-0.15, -0.1) is 0 Å². The third kappa shape index (κ3) is 3.95. The SMILES string of the molecule is CC(C)n1nccc1-c1cc(C(=O)NC2(C)C(=O)CSC2=O)cc(-c2ccc(F)cc2)n1. The number of ketones is 1. The molecule has 3 heterocycles. The summed E-state index contributed by atoms with van der Waals surface area (Å²) >= 11 is 0.895. The normalized spacial score (nSPS) is 18.4. The lowest BCUT2D eigenvalue weighted by molar-refractivity contribution is -0.127. The van der Waals surface area contributed by atoms with Crippen molar-refractivity contribution in [2.45, 2.75) is 32.4 Å². The van der Waals surface area contributed by atoms with Crippen molar-refractivity contribution in [2.75, 3.05) is 5.75 Å². The maximum Gasteiger partial charge on any atom is 0.252 e. The molecule has 3 aromatic rings. The maximum absolute atomic E-state index is 13.4. The molecule has 4 rings (SSSR count). The number of hydrogen-bond donors (Lipinski definition) is 1. The number of pyridine rings is 1. The number of amides is 1. The average Bonchev–Trinajstić information content (AvgIpc) is 3.35. The van der Waals surface area contributed by atoms with E-state index in [2.05, 4.69) is 15.4 Å². The predicted octanol–water partition coefficient (Wildman–Crippen LogP) is 3.66. The summed E-state index contributed by atoms with van der Waals surface area (Å²) in [5.74, 6) is -1.26. The summed E-state index contributed by atoms with van der Waals surface area (Å²) in [6, 6.07) is 10.8. The molecule has 0 spiro atoms. The number of halogens is 1. The zero-order valence-corrected chi connectivity index (χ0v) is 18.6. The highest BCUT2D eigenvalue weighted by Gasteiger charge is 2.47. The number of aromatic nitrogens is 3. The monoisotopic (exact) mass is 452 g/mol. The minimum Gasteiger partial charge on any atom is -0.333 e. The molecule has 7 nitrogen and oxygen atoms in total. The van der Waals surface area contributed by atoms with E-state index >= 15 is 0 Å². The van der Waals surface area contributed by atoms with Crippen LogP contribution in [0.2, 0.25) is 0 Å². The fourth-order valence-electron chi connectivity index (χ4n) is 3.44. The highest BCUT2D eigenvalue weighted by Crippen LogP contribution is 2.29. The largest absolute Gasteiger partial charge is 0.333 e. The number of rotatable bonds is 5. The van der Waals surface area contributed by atoms with Gasteiger partial charge < -0.3 is 5.32 Å². The molecule has 1 aromatic carbocycles. The Hall–Kier alpha value is -3.33. The Kier molecular flexibility index (Phi) is 5.68. The molecule has 9 heteroatoms. The molecule has 0 bridgehead atoms. The number of hydrogen-bond acceptors (Lipinski definition) is 6. The molecule has 1 saturated heterocycles. The standard InChI is InChI=1S/C23H21FN4O3S/c1-13(2)28-19(8-9-25-28)18-11-15(10-17(26-18)14-4-6-16(24)7-5-14)21(30)27-23(3)20(29)12-32-22(23)31/h4-11,13H,12H2,1-3H3,(H,27,30). The van der Waals surface area contributed by atoms with Crippen LogP contribution in [0.5, 0.6) is 0 Å². The van der Waals surface area contributed by atoms with Gasteiger partial charge in [0.25, 0.3) is 5.91 Å². The average molecular weight is 453 g/mol. The van der Waals surface area contributed by atoms with Crippen LogP contribution < -0.4 is 5.32 Å². The van der Waals surface area contributed by atoms with Crippen molar-refractivity contribution in [2.24, 2.45) is 0 Å². The number of nitrogens with zero attached hydrogens (tertiary/aromatic N) is 3. The van der Waals surface area contributed by atoms with Crippen molar-refractivity contribution < 1.29 is 18.8 Å². The van der Waals surface area contributed by atoms with Crippen LogP contribution in [0.4, 0.5) is 4.39 Å². The van der Waals surface area contributed by atoms with Gasteiger partial charge in [-0.1, -0.05) is 11.8 Å². The van der Waals surface area contributed by atoms with Crippen molar-refractivity contribution in [3.63, 3.8) is 0 Å². The molecular formula is C23H21FN4O3S. The van der Waals surface area contributed by atoms with E-state index in [9.17, 15) is 18.8 Å². The van der Waals surface area contributed by atoms with Crippen molar-refractivity contribution in [1.82, 2.24) is 20.1 Å². The van der Waals surface area contributed by atoms with E-state index in [1.54, 1.807) is 41.2 Å². The summed E-state index contributed by atoms with van der Waals surface area (Å²) in [6.45, 7) is 5.37. The van der Waals surface area contributed by atoms with Gasteiger partial charge in [-0.25, -0.2) is 9.37 Å². The van der Waals surface area contributed by atoms with Crippen LogP contribution in [0.3, 0.4) is 0 Å². The predicted molar refractivity (Wildman–Crippen MR) is 120 cm³/mol. The molecule has 0 aliphatic carbocycles. The lowest BCUT2D eigenvalue weighted by atomic mass is 9.98. The zero-order valence-electron chi connectivity index (χ0n) is 17.8. The van der Waals surface area contributed by atoms with Gasteiger partial charge in [0.1, 0.15) is 5.82 Å². The Bertz CT molecular complexity index is 1200. The second kappa shape index (κ2) is 8.31. The van der Waals surface area contributed by atoms with E-state index in [1.165, 1.54) is 19.1 Å². The molecule has 1 fully saturated rings. The first kappa shape index (κ1) is 21.9. The lowest BCUT2D eigenvalue weighted by Crippen LogP contribution is -2.54. The van der Waals surface area contributed by atoms with E-state index in [4.69, 9.17) is 0 Å². The fraction of sp³-hybridized carbons (Fsp3) is 0.261. The number of thioether (sulfide) groups is 1. The first-order valence-corrected chi connectivity index (χ1v) is 11.0. The molecule has 32 heavy (non-hydrogen) atoms. The second-order valence-corrected chi connectivity index (χ2v) is 8.91. The Labute approximate surface area is 188 Å². The van der Waals surface area contributed by atoms with Gasteiger partial charge >= 0.3 is 0 Å². The maximum atomic E-state index is 13.4. The Morgan fingerprint density at radius 3 is 2.47 bits per heavy atom. The van der Waals surface area contributed by atoms with E-state index in [-0.39, 0.29) is 34.1 Å². The zero-order chi connectivity index (χ0) is 23.0. The van der Waals surface area contributed by atoms with Gasteiger partial charge in [-0.3, -0.25) is 19.1 Å². The Morgan fingerprint density at radius 2 is 1.84 bits per heavy atom. The van der Waals surface area contributed by atoms with E-state index in [0.717, 1.165) is 11.8 Å². The smallest absolute Gasteiger partial charge is 0.252 e. The van der Waals surface area contributed by atoms with E-state index < -0.39 is 11.4 Å². The molecule has 1 unspecified atom stereocenters. The van der Waals surface area contributed by atoms with Crippen LogP contribution in [0, 0.1) is 5.82 Å². The molecular weight excluding hydrogens is 431 g/mol. The fourth-order valence-corrected chi connectivity index (χ4v) is 4.45. The van der Waals surface area contributed by atoms with Gasteiger partial charge in [0.05, 0.1) is 22.8 Å².